The molecule has 1 aromatic rings. The Balaban J connectivity index is 0.00000180. The minimum absolute atomic E-state index is 0. The molecule has 4 nitrogen and oxygen atoms in total. The maximum Gasteiger partial charge on any atom is 0.241 e. The number of hydrogen-bond donors (Lipinski definition) is 2. The van der Waals surface area contributed by atoms with Crippen LogP contribution in [0.5, 0.6) is 0 Å². The second-order valence-electron chi connectivity index (χ2n) is 4.43. The highest BCUT2D eigenvalue weighted by Gasteiger charge is 2.22. The molecule has 0 bridgehead atoms. The molecular weight excluding hydrogens is 365 g/mol. The van der Waals surface area contributed by atoms with Gasteiger partial charge in [0.1, 0.15) is 0 Å². The lowest BCUT2D eigenvalue weighted by Gasteiger charge is -2.31. The smallest absolute Gasteiger partial charge is 0.241 e. The van der Waals surface area contributed by atoms with Crippen LogP contribution in [0.3, 0.4) is 0 Å². The van der Waals surface area contributed by atoms with Gasteiger partial charge in [-0.15, -0.1) is 24.8 Å². The molecule has 1 atom stereocenters. The number of nitrogens with zero attached hydrogens (tertiary/aromatic N) is 1. The lowest BCUT2D eigenvalue weighted by molar-refractivity contribution is -0.120. The van der Waals surface area contributed by atoms with E-state index in [0.717, 1.165) is 36.3 Å². The number of carbonyl (C=O) groups is 1. The zero-order chi connectivity index (χ0) is 13.0. The fourth-order valence-electron chi connectivity index (χ4n) is 2.04. The average Bonchev–Trinajstić information content (AvgIpc) is 2.41. The van der Waals surface area contributed by atoms with E-state index in [1.54, 1.807) is 0 Å². The van der Waals surface area contributed by atoms with E-state index >= 15 is 0 Å². The number of rotatable bonds is 3. The first-order valence-electron chi connectivity index (χ1n) is 6.18. The summed E-state index contributed by atoms with van der Waals surface area (Å²) in [6.07, 6.45) is 0. The van der Waals surface area contributed by atoms with Crippen molar-refractivity contribution in [2.45, 2.75) is 13.0 Å². The van der Waals surface area contributed by atoms with Gasteiger partial charge in [0.25, 0.3) is 0 Å². The summed E-state index contributed by atoms with van der Waals surface area (Å²) in [5.41, 5.74) is 0.824. The number of amides is 1. The molecule has 1 fully saturated rings. The number of piperazine rings is 1. The van der Waals surface area contributed by atoms with E-state index in [0.29, 0.717) is 0 Å². The summed E-state index contributed by atoms with van der Waals surface area (Å²) in [7, 11) is 0. The van der Waals surface area contributed by atoms with Crippen molar-refractivity contribution < 1.29 is 4.79 Å². The van der Waals surface area contributed by atoms with E-state index < -0.39 is 0 Å². The van der Waals surface area contributed by atoms with Gasteiger partial charge in [-0.2, -0.15) is 0 Å². The van der Waals surface area contributed by atoms with Crippen LogP contribution < -0.4 is 10.6 Å². The lowest BCUT2D eigenvalue weighted by Crippen LogP contribution is -2.51. The monoisotopic (exact) mass is 383 g/mol. The van der Waals surface area contributed by atoms with Crippen LogP contribution in [0.4, 0.5) is 5.69 Å². The van der Waals surface area contributed by atoms with Gasteiger partial charge in [0.2, 0.25) is 5.91 Å². The molecule has 1 aliphatic heterocycles. The van der Waals surface area contributed by atoms with Crippen LogP contribution >= 0.6 is 40.7 Å². The quantitative estimate of drug-likeness (QED) is 0.841. The predicted octanol–water partition coefficient (Wildman–Crippen LogP) is 2.52. The molecule has 1 aromatic carbocycles. The molecule has 0 saturated carbocycles. The van der Waals surface area contributed by atoms with E-state index in [2.05, 4.69) is 31.5 Å². The zero-order valence-corrected chi connectivity index (χ0v) is 14.5. The Bertz CT molecular complexity index is 428. The SMILES string of the molecule is CC(C(=O)Nc1ccccc1Br)N1CCNCC1.Cl.Cl. The van der Waals surface area contributed by atoms with Crippen LogP contribution in [0.2, 0.25) is 0 Å². The molecule has 1 heterocycles. The van der Waals surface area contributed by atoms with E-state index in [1.807, 2.05) is 31.2 Å². The molecule has 0 spiro atoms. The minimum atomic E-state index is -0.0980. The van der Waals surface area contributed by atoms with Crippen LogP contribution in [0.1, 0.15) is 6.92 Å². The summed E-state index contributed by atoms with van der Waals surface area (Å²) in [6.45, 7) is 5.70. The van der Waals surface area contributed by atoms with Gasteiger partial charge in [0, 0.05) is 30.7 Å². The average molecular weight is 385 g/mol. The third kappa shape index (κ3) is 5.22. The minimum Gasteiger partial charge on any atom is -0.324 e. The van der Waals surface area contributed by atoms with Gasteiger partial charge in [0.15, 0.2) is 0 Å². The Morgan fingerprint density at radius 2 is 1.90 bits per heavy atom. The Morgan fingerprint density at radius 1 is 1.30 bits per heavy atom. The van der Waals surface area contributed by atoms with Crippen molar-refractivity contribution in [3.8, 4) is 0 Å². The van der Waals surface area contributed by atoms with Gasteiger partial charge in [-0.1, -0.05) is 12.1 Å². The first-order valence-corrected chi connectivity index (χ1v) is 6.98. The fraction of sp³-hybridized carbons (Fsp3) is 0.462. The molecule has 0 radical (unpaired) electrons. The topological polar surface area (TPSA) is 44.4 Å². The summed E-state index contributed by atoms with van der Waals surface area (Å²) in [5, 5.41) is 6.25. The van der Waals surface area contributed by atoms with Crippen LogP contribution in [-0.2, 0) is 4.79 Å². The Labute approximate surface area is 140 Å². The number of para-hydroxylation sites is 1. The third-order valence-corrected chi connectivity index (χ3v) is 3.90. The van der Waals surface area contributed by atoms with Gasteiger partial charge in [-0.25, -0.2) is 0 Å². The number of anilines is 1. The van der Waals surface area contributed by atoms with E-state index in [4.69, 9.17) is 0 Å². The van der Waals surface area contributed by atoms with Gasteiger partial charge < -0.3 is 10.6 Å². The first-order chi connectivity index (χ1) is 8.68. The van der Waals surface area contributed by atoms with E-state index in [9.17, 15) is 4.79 Å². The lowest BCUT2D eigenvalue weighted by atomic mass is 10.2. The van der Waals surface area contributed by atoms with Crippen molar-refractivity contribution in [3.05, 3.63) is 28.7 Å². The van der Waals surface area contributed by atoms with Crippen molar-refractivity contribution in [1.29, 1.82) is 0 Å². The molecule has 2 N–H and O–H groups in total. The highest BCUT2D eigenvalue weighted by atomic mass is 79.9. The predicted molar refractivity (Wildman–Crippen MR) is 91.2 cm³/mol. The van der Waals surface area contributed by atoms with Crippen LogP contribution in [-0.4, -0.2) is 43.0 Å². The number of carbonyl (C=O) groups excluding carboxylic acids is 1. The maximum absolute atomic E-state index is 12.2. The maximum atomic E-state index is 12.2. The van der Waals surface area contributed by atoms with Crippen molar-refractivity contribution in [2.24, 2.45) is 0 Å². The molecule has 1 aliphatic rings. The highest BCUT2D eigenvalue weighted by molar-refractivity contribution is 9.10. The Hall–Kier alpha value is -0.330. The Morgan fingerprint density at radius 3 is 2.50 bits per heavy atom. The second-order valence-corrected chi connectivity index (χ2v) is 5.29. The van der Waals surface area contributed by atoms with Crippen LogP contribution in [0, 0.1) is 0 Å². The summed E-state index contributed by atoms with van der Waals surface area (Å²) in [6, 6.07) is 7.56. The fourth-order valence-corrected chi connectivity index (χ4v) is 2.42. The van der Waals surface area contributed by atoms with Crippen molar-refractivity contribution in [2.75, 3.05) is 31.5 Å². The summed E-state index contributed by atoms with van der Waals surface area (Å²) < 4.78 is 0.908. The van der Waals surface area contributed by atoms with Gasteiger partial charge >= 0.3 is 0 Å². The summed E-state index contributed by atoms with van der Waals surface area (Å²) >= 11 is 3.43. The molecule has 2 rings (SSSR count). The molecule has 1 saturated heterocycles. The molecule has 0 aromatic heterocycles. The van der Waals surface area contributed by atoms with Crippen molar-refractivity contribution in [3.63, 3.8) is 0 Å². The molecule has 1 amide bonds. The van der Waals surface area contributed by atoms with Crippen molar-refractivity contribution >= 4 is 52.3 Å². The second kappa shape index (κ2) is 9.58. The van der Waals surface area contributed by atoms with Crippen LogP contribution in [0.25, 0.3) is 0 Å². The Kier molecular flexibility index (Phi) is 9.42. The number of halogens is 3. The summed E-state index contributed by atoms with van der Waals surface area (Å²) in [4.78, 5) is 14.4. The van der Waals surface area contributed by atoms with Gasteiger partial charge in [-0.05, 0) is 35.0 Å². The highest BCUT2D eigenvalue weighted by Crippen LogP contribution is 2.21. The summed E-state index contributed by atoms with van der Waals surface area (Å²) in [5.74, 6) is 0.0452. The molecule has 0 aliphatic carbocycles. The van der Waals surface area contributed by atoms with Crippen molar-refractivity contribution in [1.82, 2.24) is 10.2 Å². The number of nitrogens with one attached hydrogen (secondary N) is 2. The number of benzene rings is 1. The molecule has 20 heavy (non-hydrogen) atoms. The molecular formula is C13H20BrCl2N3O. The van der Waals surface area contributed by atoms with Gasteiger partial charge in [0.05, 0.1) is 11.7 Å². The standard InChI is InChI=1S/C13H18BrN3O.2ClH/c1-10(17-8-6-15-7-9-17)13(18)16-12-5-3-2-4-11(12)14;;/h2-5,10,15H,6-9H2,1H3,(H,16,18);2*1H. The van der Waals surface area contributed by atoms with E-state index in [-0.39, 0.29) is 36.8 Å². The van der Waals surface area contributed by atoms with Gasteiger partial charge in [-0.3, -0.25) is 9.69 Å². The van der Waals surface area contributed by atoms with Crippen LogP contribution in [0.15, 0.2) is 28.7 Å². The molecule has 7 heteroatoms. The zero-order valence-electron chi connectivity index (χ0n) is 11.3. The third-order valence-electron chi connectivity index (χ3n) is 3.21. The molecule has 1 unspecified atom stereocenters. The molecule has 114 valence electrons. The number of hydrogen-bond acceptors (Lipinski definition) is 3. The normalized spacial score (nSPS) is 16.5. The first kappa shape index (κ1) is 19.7. The van der Waals surface area contributed by atoms with E-state index in [1.165, 1.54) is 0 Å². The largest absolute Gasteiger partial charge is 0.324 e.